The first-order valence-electron chi connectivity index (χ1n) is 7.61. The van der Waals surface area contributed by atoms with Gasteiger partial charge in [0.05, 0.1) is 5.92 Å². The van der Waals surface area contributed by atoms with Crippen molar-refractivity contribution in [2.75, 3.05) is 11.4 Å². The molecule has 0 aliphatic carbocycles. The van der Waals surface area contributed by atoms with Gasteiger partial charge in [-0.1, -0.05) is 29.8 Å². The summed E-state index contributed by atoms with van der Waals surface area (Å²) in [6.45, 7) is 0.610. The molecule has 2 aromatic carbocycles. The van der Waals surface area contributed by atoms with Gasteiger partial charge in [0.1, 0.15) is 5.82 Å². The van der Waals surface area contributed by atoms with Gasteiger partial charge in [-0.2, -0.15) is 0 Å². The molecule has 1 aliphatic heterocycles. The number of hydrogen-bond acceptors (Lipinski definition) is 2. The molecule has 0 spiro atoms. The Hall–Kier alpha value is -2.40. The Labute approximate surface area is 144 Å². The second-order valence-electron chi connectivity index (χ2n) is 5.69. The smallest absolute Gasteiger partial charge is 0.227 e. The average Bonchev–Trinajstić information content (AvgIpc) is 2.96. The predicted octanol–water partition coefficient (Wildman–Crippen LogP) is 3.15. The van der Waals surface area contributed by atoms with Gasteiger partial charge in [0.15, 0.2) is 0 Å². The van der Waals surface area contributed by atoms with E-state index in [1.54, 1.807) is 6.07 Å². The molecule has 6 heteroatoms. The number of rotatable bonds is 4. The zero-order chi connectivity index (χ0) is 17.1. The molecular weight excluding hydrogens is 331 g/mol. The maximum absolute atomic E-state index is 13.0. The minimum atomic E-state index is -0.426. The molecule has 4 nitrogen and oxygen atoms in total. The van der Waals surface area contributed by atoms with Gasteiger partial charge in [0.2, 0.25) is 11.8 Å². The number of halogens is 2. The van der Waals surface area contributed by atoms with Crippen molar-refractivity contribution >= 4 is 29.1 Å². The van der Waals surface area contributed by atoms with Gasteiger partial charge in [-0.15, -0.1) is 0 Å². The Bertz CT molecular complexity index is 764. The first kappa shape index (κ1) is 16.5. The van der Waals surface area contributed by atoms with E-state index in [4.69, 9.17) is 11.6 Å². The number of carbonyl (C=O) groups excluding carboxylic acids is 2. The van der Waals surface area contributed by atoms with E-state index in [0.29, 0.717) is 23.8 Å². The van der Waals surface area contributed by atoms with Crippen molar-refractivity contribution in [3.05, 3.63) is 64.9 Å². The highest BCUT2D eigenvalue weighted by Crippen LogP contribution is 2.25. The van der Waals surface area contributed by atoms with Gasteiger partial charge in [-0.3, -0.25) is 9.59 Å². The second-order valence-corrected chi connectivity index (χ2v) is 6.10. The third-order valence-corrected chi connectivity index (χ3v) is 4.41. The summed E-state index contributed by atoms with van der Waals surface area (Å²) < 4.78 is 13.0. The van der Waals surface area contributed by atoms with Gasteiger partial charge in [-0.25, -0.2) is 4.39 Å². The zero-order valence-corrected chi connectivity index (χ0v) is 13.6. The molecule has 1 saturated heterocycles. The van der Waals surface area contributed by atoms with Crippen molar-refractivity contribution in [3.8, 4) is 0 Å². The van der Waals surface area contributed by atoms with E-state index in [0.717, 1.165) is 5.56 Å². The summed E-state index contributed by atoms with van der Waals surface area (Å²) in [6.07, 6.45) is 0.145. The molecule has 0 radical (unpaired) electrons. The fourth-order valence-electron chi connectivity index (χ4n) is 2.72. The summed E-state index contributed by atoms with van der Waals surface area (Å²) >= 11 is 6.06. The minimum Gasteiger partial charge on any atom is -0.352 e. The van der Waals surface area contributed by atoms with Crippen molar-refractivity contribution < 1.29 is 14.0 Å². The lowest BCUT2D eigenvalue weighted by atomic mass is 10.1. The molecule has 0 saturated carbocycles. The molecule has 0 aromatic heterocycles. The maximum Gasteiger partial charge on any atom is 0.227 e. The molecule has 1 N–H and O–H groups in total. The van der Waals surface area contributed by atoms with E-state index in [2.05, 4.69) is 5.32 Å². The molecule has 24 heavy (non-hydrogen) atoms. The lowest BCUT2D eigenvalue weighted by Gasteiger charge is -2.16. The molecule has 2 aromatic rings. The van der Waals surface area contributed by atoms with Crippen molar-refractivity contribution in [2.45, 2.75) is 13.0 Å². The SMILES string of the molecule is O=C(NCc1ccccc1Cl)[C@H]1CC(=O)N(c2ccc(F)cc2)C1. The Morgan fingerprint density at radius 3 is 2.62 bits per heavy atom. The van der Waals surface area contributed by atoms with E-state index in [-0.39, 0.29) is 24.1 Å². The molecule has 124 valence electrons. The number of nitrogens with one attached hydrogen (secondary N) is 1. The van der Waals surface area contributed by atoms with Gasteiger partial charge < -0.3 is 10.2 Å². The predicted molar refractivity (Wildman–Crippen MR) is 90.2 cm³/mol. The number of anilines is 1. The van der Waals surface area contributed by atoms with Crippen LogP contribution in [-0.2, 0) is 16.1 Å². The molecule has 1 aliphatic rings. The highest BCUT2D eigenvalue weighted by molar-refractivity contribution is 6.31. The van der Waals surface area contributed by atoms with Crippen LogP contribution in [0.1, 0.15) is 12.0 Å². The highest BCUT2D eigenvalue weighted by Gasteiger charge is 2.35. The second kappa shape index (κ2) is 7.01. The van der Waals surface area contributed by atoms with Crippen LogP contribution in [0.3, 0.4) is 0 Å². The van der Waals surface area contributed by atoms with Gasteiger partial charge in [0, 0.05) is 30.2 Å². The normalized spacial score (nSPS) is 17.2. The van der Waals surface area contributed by atoms with Crippen LogP contribution >= 0.6 is 11.6 Å². The quantitative estimate of drug-likeness (QED) is 0.924. The first-order valence-corrected chi connectivity index (χ1v) is 7.99. The van der Waals surface area contributed by atoms with Crippen LogP contribution in [0.4, 0.5) is 10.1 Å². The summed E-state index contributed by atoms with van der Waals surface area (Å²) in [5, 5.41) is 3.41. The lowest BCUT2D eigenvalue weighted by molar-refractivity contribution is -0.126. The summed E-state index contributed by atoms with van der Waals surface area (Å²) in [5.74, 6) is -1.11. The monoisotopic (exact) mass is 346 g/mol. The molecule has 1 heterocycles. The summed E-state index contributed by atoms with van der Waals surface area (Å²) in [4.78, 5) is 26.0. The van der Waals surface area contributed by atoms with Crippen molar-refractivity contribution in [1.82, 2.24) is 5.32 Å². The van der Waals surface area contributed by atoms with Crippen LogP contribution in [-0.4, -0.2) is 18.4 Å². The Morgan fingerprint density at radius 2 is 1.92 bits per heavy atom. The van der Waals surface area contributed by atoms with E-state index >= 15 is 0 Å². The molecule has 2 amide bonds. The molecule has 0 unspecified atom stereocenters. The Morgan fingerprint density at radius 1 is 1.21 bits per heavy atom. The fraction of sp³-hybridized carbons (Fsp3) is 0.222. The summed E-state index contributed by atoms with van der Waals surface area (Å²) in [6, 6.07) is 13.0. The largest absolute Gasteiger partial charge is 0.352 e. The van der Waals surface area contributed by atoms with Crippen molar-refractivity contribution in [2.24, 2.45) is 5.92 Å². The average molecular weight is 347 g/mol. The van der Waals surface area contributed by atoms with E-state index in [1.807, 2.05) is 18.2 Å². The third kappa shape index (κ3) is 3.57. The number of amides is 2. The van der Waals surface area contributed by atoms with E-state index in [1.165, 1.54) is 29.2 Å². The first-order chi connectivity index (χ1) is 11.5. The number of hydrogen-bond donors (Lipinski definition) is 1. The van der Waals surface area contributed by atoms with Crippen LogP contribution in [0, 0.1) is 11.7 Å². The lowest BCUT2D eigenvalue weighted by Crippen LogP contribution is -2.32. The van der Waals surface area contributed by atoms with Crippen LogP contribution in [0.25, 0.3) is 0 Å². The van der Waals surface area contributed by atoms with Crippen LogP contribution in [0.2, 0.25) is 5.02 Å². The third-order valence-electron chi connectivity index (χ3n) is 4.05. The molecular formula is C18H16ClFN2O2. The number of benzene rings is 2. The summed E-state index contributed by atoms with van der Waals surface area (Å²) in [5.41, 5.74) is 1.43. The number of nitrogens with zero attached hydrogens (tertiary/aromatic N) is 1. The molecule has 0 bridgehead atoms. The Balaban J connectivity index is 1.62. The van der Waals surface area contributed by atoms with E-state index < -0.39 is 5.92 Å². The van der Waals surface area contributed by atoms with Crippen LogP contribution in [0.15, 0.2) is 48.5 Å². The van der Waals surface area contributed by atoms with Crippen LogP contribution < -0.4 is 10.2 Å². The zero-order valence-electron chi connectivity index (χ0n) is 12.8. The number of carbonyl (C=O) groups is 2. The van der Waals surface area contributed by atoms with Gasteiger partial charge in [-0.05, 0) is 35.9 Å². The minimum absolute atomic E-state index is 0.139. The summed E-state index contributed by atoms with van der Waals surface area (Å²) in [7, 11) is 0. The standard InChI is InChI=1S/C18H16ClFN2O2/c19-16-4-2-1-3-12(16)10-21-18(24)13-9-17(23)22(11-13)15-7-5-14(20)6-8-15/h1-8,13H,9-11H2,(H,21,24)/t13-/m0/s1. The topological polar surface area (TPSA) is 49.4 Å². The van der Waals surface area contributed by atoms with Crippen molar-refractivity contribution in [3.63, 3.8) is 0 Å². The molecule has 1 atom stereocenters. The van der Waals surface area contributed by atoms with Crippen molar-refractivity contribution in [1.29, 1.82) is 0 Å². The fourth-order valence-corrected chi connectivity index (χ4v) is 2.92. The van der Waals surface area contributed by atoms with Gasteiger partial charge >= 0.3 is 0 Å². The Kier molecular flexibility index (Phi) is 4.81. The van der Waals surface area contributed by atoms with Crippen LogP contribution in [0.5, 0.6) is 0 Å². The van der Waals surface area contributed by atoms with Gasteiger partial charge in [0.25, 0.3) is 0 Å². The maximum atomic E-state index is 13.0. The molecule has 1 fully saturated rings. The molecule has 3 rings (SSSR count). The highest BCUT2D eigenvalue weighted by atomic mass is 35.5. The van der Waals surface area contributed by atoms with E-state index in [9.17, 15) is 14.0 Å².